The fraction of sp³-hybridized carbons (Fsp3) is 0.600. The number of unbranched alkanes of at least 4 members (excludes halogenated alkanes) is 2. The van der Waals surface area contributed by atoms with E-state index in [0.29, 0.717) is 6.42 Å². The van der Waals surface area contributed by atoms with Crippen LogP contribution in [0.4, 0.5) is 0 Å². The lowest BCUT2D eigenvalue weighted by molar-refractivity contribution is 0.227. The molecule has 1 atom stereocenters. The Morgan fingerprint density at radius 1 is 1.45 bits per heavy atom. The lowest BCUT2D eigenvalue weighted by Crippen LogP contribution is -1.97. The van der Waals surface area contributed by atoms with E-state index in [-0.39, 0.29) is 6.10 Å². The smallest absolute Gasteiger partial charge is 0.0752 e. The van der Waals surface area contributed by atoms with Crippen molar-refractivity contribution < 1.29 is 5.11 Å². The van der Waals surface area contributed by atoms with Gasteiger partial charge in [0.15, 0.2) is 0 Å². The van der Waals surface area contributed by atoms with Crippen molar-refractivity contribution in [1.29, 1.82) is 0 Å². The Morgan fingerprint density at radius 2 is 2.18 bits per heavy atom. The number of hydrogen-bond acceptors (Lipinski definition) is 1. The predicted octanol–water partition coefficient (Wildman–Crippen LogP) is 2.67. The first-order valence-corrected chi connectivity index (χ1v) is 4.26. The first-order valence-electron chi connectivity index (χ1n) is 4.26. The summed E-state index contributed by atoms with van der Waals surface area (Å²) in [5.74, 6) is 0. The van der Waals surface area contributed by atoms with Crippen LogP contribution < -0.4 is 0 Å². The maximum atomic E-state index is 9.05. The third-order valence-corrected chi connectivity index (χ3v) is 1.54. The minimum absolute atomic E-state index is 0.368. The summed E-state index contributed by atoms with van der Waals surface area (Å²) >= 11 is 0. The topological polar surface area (TPSA) is 20.2 Å². The van der Waals surface area contributed by atoms with Crippen LogP contribution in [0.15, 0.2) is 24.8 Å². The SMILES string of the molecule is C=C[C@@H](O)C/C=C\CCCC. The third-order valence-electron chi connectivity index (χ3n) is 1.54. The van der Waals surface area contributed by atoms with E-state index in [1.165, 1.54) is 12.8 Å². The Hall–Kier alpha value is -0.560. The maximum absolute atomic E-state index is 9.05. The molecule has 1 nitrogen and oxygen atoms in total. The van der Waals surface area contributed by atoms with E-state index in [2.05, 4.69) is 19.6 Å². The van der Waals surface area contributed by atoms with Gasteiger partial charge in [-0.15, -0.1) is 6.58 Å². The van der Waals surface area contributed by atoms with Crippen molar-refractivity contribution in [2.45, 2.75) is 38.7 Å². The lowest BCUT2D eigenvalue weighted by Gasteiger charge is -1.97. The maximum Gasteiger partial charge on any atom is 0.0752 e. The van der Waals surface area contributed by atoms with Gasteiger partial charge in [-0.05, 0) is 12.8 Å². The highest BCUT2D eigenvalue weighted by Gasteiger charge is 1.90. The molecule has 0 saturated carbocycles. The van der Waals surface area contributed by atoms with Crippen molar-refractivity contribution in [2.75, 3.05) is 0 Å². The van der Waals surface area contributed by atoms with Crippen LogP contribution in [0.25, 0.3) is 0 Å². The molecule has 0 aromatic heterocycles. The predicted molar refractivity (Wildman–Crippen MR) is 49.5 cm³/mol. The molecule has 0 aliphatic rings. The Kier molecular flexibility index (Phi) is 7.16. The van der Waals surface area contributed by atoms with Crippen molar-refractivity contribution in [3.05, 3.63) is 24.8 Å². The van der Waals surface area contributed by atoms with Gasteiger partial charge in [-0.2, -0.15) is 0 Å². The Balaban J connectivity index is 3.21. The highest BCUT2D eigenvalue weighted by atomic mass is 16.3. The molecule has 0 aliphatic carbocycles. The lowest BCUT2D eigenvalue weighted by atomic mass is 10.2. The van der Waals surface area contributed by atoms with Crippen LogP contribution in [0.1, 0.15) is 32.6 Å². The number of hydrogen-bond donors (Lipinski definition) is 1. The van der Waals surface area contributed by atoms with Gasteiger partial charge in [0.1, 0.15) is 0 Å². The van der Waals surface area contributed by atoms with E-state index in [1.54, 1.807) is 6.08 Å². The zero-order chi connectivity index (χ0) is 8.53. The van der Waals surface area contributed by atoms with Gasteiger partial charge in [0.25, 0.3) is 0 Å². The fourth-order valence-electron chi connectivity index (χ4n) is 0.772. The van der Waals surface area contributed by atoms with Gasteiger partial charge in [0, 0.05) is 0 Å². The van der Waals surface area contributed by atoms with E-state index in [1.807, 2.05) is 6.08 Å². The summed E-state index contributed by atoms with van der Waals surface area (Å²) in [7, 11) is 0. The second-order valence-electron chi connectivity index (χ2n) is 2.65. The first-order chi connectivity index (χ1) is 5.31. The third kappa shape index (κ3) is 7.34. The van der Waals surface area contributed by atoms with Gasteiger partial charge in [-0.3, -0.25) is 0 Å². The van der Waals surface area contributed by atoms with Crippen LogP contribution in [0, 0.1) is 0 Å². The molecule has 0 amide bonds. The van der Waals surface area contributed by atoms with E-state index in [0.717, 1.165) is 6.42 Å². The van der Waals surface area contributed by atoms with Gasteiger partial charge >= 0.3 is 0 Å². The first kappa shape index (κ1) is 10.4. The molecule has 0 aliphatic heterocycles. The molecule has 64 valence electrons. The molecule has 0 saturated heterocycles. The van der Waals surface area contributed by atoms with E-state index < -0.39 is 0 Å². The van der Waals surface area contributed by atoms with E-state index in [9.17, 15) is 0 Å². The molecular weight excluding hydrogens is 136 g/mol. The molecule has 0 unspecified atom stereocenters. The summed E-state index contributed by atoms with van der Waals surface area (Å²) in [5, 5.41) is 9.05. The van der Waals surface area contributed by atoms with Crippen LogP contribution in [0.5, 0.6) is 0 Å². The average Bonchev–Trinajstić information content (AvgIpc) is 2.04. The number of allylic oxidation sites excluding steroid dienone is 1. The molecular formula is C10H18O. The van der Waals surface area contributed by atoms with Crippen molar-refractivity contribution >= 4 is 0 Å². The average molecular weight is 154 g/mol. The molecule has 0 spiro atoms. The zero-order valence-corrected chi connectivity index (χ0v) is 7.29. The summed E-state index contributed by atoms with van der Waals surface area (Å²) in [6.07, 6.45) is 9.62. The standard InChI is InChI=1S/C10H18O/c1-3-5-6-7-8-9-10(11)4-2/h4,7-8,10-11H,2-3,5-6,9H2,1H3/b8-7-/t10-/m1/s1. The second-order valence-corrected chi connectivity index (χ2v) is 2.65. The molecule has 0 fully saturated rings. The van der Waals surface area contributed by atoms with Crippen molar-refractivity contribution in [3.8, 4) is 0 Å². The van der Waals surface area contributed by atoms with Gasteiger partial charge < -0.3 is 5.11 Å². The minimum Gasteiger partial charge on any atom is -0.389 e. The van der Waals surface area contributed by atoms with Crippen LogP contribution >= 0.6 is 0 Å². The fourth-order valence-corrected chi connectivity index (χ4v) is 0.772. The van der Waals surface area contributed by atoms with Crippen molar-refractivity contribution in [2.24, 2.45) is 0 Å². The molecule has 11 heavy (non-hydrogen) atoms. The van der Waals surface area contributed by atoms with E-state index >= 15 is 0 Å². The summed E-state index contributed by atoms with van der Waals surface area (Å²) < 4.78 is 0. The molecule has 0 bridgehead atoms. The largest absolute Gasteiger partial charge is 0.389 e. The molecule has 0 radical (unpaired) electrons. The summed E-state index contributed by atoms with van der Waals surface area (Å²) in [4.78, 5) is 0. The second kappa shape index (κ2) is 7.55. The highest BCUT2D eigenvalue weighted by molar-refractivity contribution is 4.89. The van der Waals surface area contributed by atoms with Gasteiger partial charge in [-0.25, -0.2) is 0 Å². The molecule has 0 aromatic carbocycles. The zero-order valence-electron chi connectivity index (χ0n) is 7.29. The summed E-state index contributed by atoms with van der Waals surface area (Å²) in [6.45, 7) is 5.66. The van der Waals surface area contributed by atoms with Crippen LogP contribution in [-0.2, 0) is 0 Å². The van der Waals surface area contributed by atoms with Crippen LogP contribution in [0.3, 0.4) is 0 Å². The van der Waals surface area contributed by atoms with Gasteiger partial charge in [0.2, 0.25) is 0 Å². The summed E-state index contributed by atoms with van der Waals surface area (Å²) in [6, 6.07) is 0. The molecule has 1 heteroatoms. The van der Waals surface area contributed by atoms with Crippen molar-refractivity contribution in [1.82, 2.24) is 0 Å². The van der Waals surface area contributed by atoms with Crippen LogP contribution in [-0.4, -0.2) is 11.2 Å². The number of aliphatic hydroxyl groups excluding tert-OH is 1. The Morgan fingerprint density at radius 3 is 2.73 bits per heavy atom. The van der Waals surface area contributed by atoms with E-state index in [4.69, 9.17) is 5.11 Å². The molecule has 1 N–H and O–H groups in total. The number of aliphatic hydroxyl groups is 1. The number of rotatable bonds is 6. The quantitative estimate of drug-likeness (QED) is 0.460. The Bertz CT molecular complexity index is 116. The summed E-state index contributed by atoms with van der Waals surface area (Å²) in [5.41, 5.74) is 0. The van der Waals surface area contributed by atoms with Crippen LogP contribution in [0.2, 0.25) is 0 Å². The molecule has 0 rings (SSSR count). The van der Waals surface area contributed by atoms with Crippen molar-refractivity contribution in [3.63, 3.8) is 0 Å². The Labute approximate surface area is 69.4 Å². The highest BCUT2D eigenvalue weighted by Crippen LogP contribution is 1.98. The van der Waals surface area contributed by atoms with Gasteiger partial charge in [-0.1, -0.05) is 38.0 Å². The molecule has 0 heterocycles. The molecule has 0 aromatic rings. The van der Waals surface area contributed by atoms with Gasteiger partial charge in [0.05, 0.1) is 6.10 Å². The minimum atomic E-state index is -0.368. The monoisotopic (exact) mass is 154 g/mol. The normalized spacial score (nSPS) is 13.6.